The Balaban J connectivity index is 1.52. The van der Waals surface area contributed by atoms with E-state index < -0.39 is 22.0 Å². The number of oxime groups is 1. The highest BCUT2D eigenvalue weighted by atomic mass is 32.2. The van der Waals surface area contributed by atoms with Gasteiger partial charge >= 0.3 is 0 Å². The molecule has 1 aromatic carbocycles. The van der Waals surface area contributed by atoms with Crippen molar-refractivity contribution in [3.63, 3.8) is 0 Å². The highest BCUT2D eigenvalue weighted by molar-refractivity contribution is 7.82. The Morgan fingerprint density at radius 3 is 2.67 bits per heavy atom. The zero-order valence-electron chi connectivity index (χ0n) is 18.3. The van der Waals surface area contributed by atoms with Gasteiger partial charge < -0.3 is 14.9 Å². The molecule has 2 N–H and O–H groups in total. The monoisotopic (exact) mass is 495 g/mol. The molecule has 1 aromatic heterocycles. The van der Waals surface area contributed by atoms with Gasteiger partial charge in [0.1, 0.15) is 11.0 Å². The lowest BCUT2D eigenvalue weighted by atomic mass is 10.1. The maximum absolute atomic E-state index is 13.3. The minimum Gasteiger partial charge on any atom is -0.389 e. The van der Waals surface area contributed by atoms with Gasteiger partial charge in [-0.2, -0.15) is 4.39 Å². The van der Waals surface area contributed by atoms with Crippen LogP contribution in [0.15, 0.2) is 40.5 Å². The molecule has 2 saturated heterocycles. The third-order valence-electron chi connectivity index (χ3n) is 5.18. The summed E-state index contributed by atoms with van der Waals surface area (Å²) in [7, 11) is -1.32. The maximum Gasteiger partial charge on any atom is 0.280 e. The van der Waals surface area contributed by atoms with Crippen molar-refractivity contribution in [1.82, 2.24) is 14.6 Å². The number of nitrogens with one attached hydrogen (secondary N) is 2. The van der Waals surface area contributed by atoms with Gasteiger partial charge in [-0.25, -0.2) is 13.5 Å². The lowest BCUT2D eigenvalue weighted by Gasteiger charge is -2.34. The van der Waals surface area contributed by atoms with Crippen LogP contribution >= 0.6 is 11.3 Å². The van der Waals surface area contributed by atoms with Gasteiger partial charge in [0.25, 0.3) is 5.91 Å². The molecule has 0 radical (unpaired) electrons. The second kappa shape index (κ2) is 10.8. The molecule has 1 unspecified atom stereocenters. The van der Waals surface area contributed by atoms with Crippen molar-refractivity contribution in [2.45, 2.75) is 43.4 Å². The lowest BCUT2D eigenvalue weighted by molar-refractivity contribution is -0.110. The van der Waals surface area contributed by atoms with Gasteiger partial charge in [0.05, 0.1) is 24.3 Å². The van der Waals surface area contributed by atoms with Gasteiger partial charge in [-0.15, -0.1) is 0 Å². The summed E-state index contributed by atoms with van der Waals surface area (Å²) in [5.74, 6) is -0.582. The van der Waals surface area contributed by atoms with Crippen molar-refractivity contribution >= 4 is 39.1 Å². The summed E-state index contributed by atoms with van der Waals surface area (Å²) in [6.07, 6.45) is 1.47. The summed E-state index contributed by atoms with van der Waals surface area (Å²) in [6.45, 7) is 6.45. The van der Waals surface area contributed by atoms with E-state index in [9.17, 15) is 13.4 Å². The number of hydrogen-bond donors (Lipinski definition) is 2. The van der Waals surface area contributed by atoms with Crippen LogP contribution in [0.5, 0.6) is 0 Å². The van der Waals surface area contributed by atoms with Gasteiger partial charge in [-0.05, 0) is 26.0 Å². The summed E-state index contributed by atoms with van der Waals surface area (Å²) >= 11 is 0.718. The Kier molecular flexibility index (Phi) is 7.81. The molecule has 4 rings (SSSR count). The molecule has 178 valence electrons. The number of amides is 1. The number of carbonyl (C=O) groups is 1. The van der Waals surface area contributed by atoms with E-state index in [1.807, 2.05) is 4.31 Å². The number of aromatic nitrogens is 1. The Morgan fingerprint density at radius 1 is 1.33 bits per heavy atom. The van der Waals surface area contributed by atoms with E-state index in [-0.39, 0.29) is 29.0 Å². The molecule has 1 amide bonds. The van der Waals surface area contributed by atoms with Crippen LogP contribution in [0.4, 0.5) is 9.52 Å². The fraction of sp³-hybridized carbons (Fsp3) is 0.476. The second-order valence-corrected chi connectivity index (χ2v) is 10.5. The van der Waals surface area contributed by atoms with Crippen LogP contribution in [0.1, 0.15) is 25.8 Å². The van der Waals surface area contributed by atoms with Crippen molar-refractivity contribution in [2.24, 2.45) is 5.16 Å². The summed E-state index contributed by atoms with van der Waals surface area (Å²) < 4.78 is 33.6. The molecule has 0 bridgehead atoms. The Hall–Kier alpha value is -2.25. The molecule has 33 heavy (non-hydrogen) atoms. The molecule has 2 aliphatic heterocycles. The summed E-state index contributed by atoms with van der Waals surface area (Å²) in [5.41, 5.74) is 0.491. The zero-order valence-corrected chi connectivity index (χ0v) is 20.0. The summed E-state index contributed by atoms with van der Waals surface area (Å²) in [5, 5.41) is 9.66. The summed E-state index contributed by atoms with van der Waals surface area (Å²) in [4.78, 5) is 22.8. The lowest BCUT2D eigenvalue weighted by Crippen LogP contribution is -2.54. The Labute approximate surface area is 197 Å². The van der Waals surface area contributed by atoms with Crippen LogP contribution in [0.2, 0.25) is 0 Å². The molecule has 0 spiro atoms. The van der Waals surface area contributed by atoms with Crippen LogP contribution < -0.4 is 10.6 Å². The largest absolute Gasteiger partial charge is 0.389 e. The fourth-order valence-corrected chi connectivity index (χ4v) is 5.63. The minimum atomic E-state index is -1.32. The Bertz CT molecular complexity index is 1020. The average Bonchev–Trinajstić information content (AvgIpc) is 3.45. The van der Waals surface area contributed by atoms with Crippen LogP contribution in [0, 0.1) is 5.13 Å². The molecule has 12 heteroatoms. The fourth-order valence-electron chi connectivity index (χ4n) is 3.71. The van der Waals surface area contributed by atoms with Gasteiger partial charge in [0.2, 0.25) is 0 Å². The number of ether oxygens (including phenoxy) is 1. The smallest absolute Gasteiger partial charge is 0.280 e. The number of rotatable bonds is 7. The average molecular weight is 496 g/mol. The van der Waals surface area contributed by atoms with E-state index in [1.54, 1.807) is 24.3 Å². The van der Waals surface area contributed by atoms with E-state index in [0.717, 1.165) is 17.5 Å². The predicted octanol–water partition coefficient (Wildman–Crippen LogP) is 2.14. The van der Waals surface area contributed by atoms with E-state index >= 15 is 0 Å². The number of benzene rings is 1. The SMILES string of the molecule is C[C@@H]1CN(S(=O)c2ccc(/C(=N\O[C@@H]3CCOC3)C(=O)Nc3ncc(F)s3)cc2)C[C@H](C)N1. The van der Waals surface area contributed by atoms with Crippen molar-refractivity contribution in [3.8, 4) is 0 Å². The van der Waals surface area contributed by atoms with Crippen molar-refractivity contribution in [2.75, 3.05) is 31.6 Å². The van der Waals surface area contributed by atoms with E-state index in [0.29, 0.717) is 43.2 Å². The van der Waals surface area contributed by atoms with Crippen molar-refractivity contribution < 1.29 is 23.0 Å². The zero-order chi connectivity index (χ0) is 23.4. The molecule has 3 heterocycles. The molecule has 0 aliphatic carbocycles. The van der Waals surface area contributed by atoms with Crippen LogP contribution in [-0.2, 0) is 25.4 Å². The molecule has 2 fully saturated rings. The number of nitrogens with zero attached hydrogens (tertiary/aromatic N) is 3. The van der Waals surface area contributed by atoms with Crippen LogP contribution in [0.25, 0.3) is 0 Å². The highest BCUT2D eigenvalue weighted by Crippen LogP contribution is 2.19. The predicted molar refractivity (Wildman–Crippen MR) is 124 cm³/mol. The van der Waals surface area contributed by atoms with E-state index in [2.05, 4.69) is 34.6 Å². The number of carbonyl (C=O) groups excluding carboxylic acids is 1. The quantitative estimate of drug-likeness (QED) is 0.451. The van der Waals surface area contributed by atoms with Gasteiger partial charge in [0.15, 0.2) is 22.1 Å². The van der Waals surface area contributed by atoms with Crippen LogP contribution in [-0.4, -0.2) is 69.6 Å². The number of halogens is 1. The van der Waals surface area contributed by atoms with E-state index in [4.69, 9.17) is 9.57 Å². The number of thiazole rings is 1. The molecule has 2 aliphatic rings. The van der Waals surface area contributed by atoms with Gasteiger partial charge in [-0.3, -0.25) is 10.1 Å². The van der Waals surface area contributed by atoms with Gasteiger partial charge in [-0.1, -0.05) is 28.6 Å². The maximum atomic E-state index is 13.3. The summed E-state index contributed by atoms with van der Waals surface area (Å²) in [6, 6.07) is 7.27. The molecular formula is C21H26FN5O4S2. The van der Waals surface area contributed by atoms with Crippen molar-refractivity contribution in [3.05, 3.63) is 41.2 Å². The molecule has 2 aromatic rings. The topological polar surface area (TPSA) is 105 Å². The third kappa shape index (κ3) is 6.21. The number of anilines is 1. The van der Waals surface area contributed by atoms with Crippen LogP contribution in [0.3, 0.4) is 0 Å². The molecule has 4 atom stereocenters. The molecule has 0 saturated carbocycles. The first kappa shape index (κ1) is 23.9. The van der Waals surface area contributed by atoms with Gasteiger partial charge in [0, 0.05) is 37.2 Å². The first-order valence-corrected chi connectivity index (χ1v) is 12.6. The first-order chi connectivity index (χ1) is 15.9. The molecular weight excluding hydrogens is 469 g/mol. The number of hydrogen-bond acceptors (Lipinski definition) is 8. The second-order valence-electron chi connectivity index (χ2n) is 8.04. The number of piperazine rings is 1. The standard InChI is InChI=1S/C21H26FN5O4S2/c1-13-10-27(11-14(2)24-13)33(29)17-5-3-15(4-6-17)19(26-31-16-7-8-30-12-16)20(28)25-21-23-9-18(22)32-21/h3-6,9,13-14,16,24H,7-8,10-12H2,1-2H3,(H,23,25,28)/b26-19+/t13-,14+,16-,33?/m1/s1. The first-order valence-electron chi connectivity index (χ1n) is 10.7. The van der Waals surface area contributed by atoms with Crippen molar-refractivity contribution in [1.29, 1.82) is 0 Å². The molecule has 9 nitrogen and oxygen atoms in total. The highest BCUT2D eigenvalue weighted by Gasteiger charge is 2.26. The third-order valence-corrected chi connectivity index (χ3v) is 7.33. The van der Waals surface area contributed by atoms with E-state index in [1.165, 1.54) is 0 Å². The normalized spacial score (nSPS) is 25.1. The Morgan fingerprint density at radius 2 is 2.06 bits per heavy atom. The minimum absolute atomic E-state index is 0.0132.